The second-order valence-corrected chi connectivity index (χ2v) is 9.86. The van der Waals surface area contributed by atoms with E-state index >= 15 is 0 Å². The van der Waals surface area contributed by atoms with Crippen molar-refractivity contribution in [3.63, 3.8) is 0 Å². The highest BCUT2D eigenvalue weighted by Crippen LogP contribution is 2.60. The van der Waals surface area contributed by atoms with Crippen molar-refractivity contribution in [1.82, 2.24) is 4.98 Å². The lowest BCUT2D eigenvalue weighted by atomic mass is 9.49. The Balaban J connectivity index is 1.28. The zero-order valence-corrected chi connectivity index (χ0v) is 16.1. The van der Waals surface area contributed by atoms with Gasteiger partial charge in [0, 0.05) is 16.5 Å². The molecule has 4 fully saturated rings. The van der Waals surface area contributed by atoms with Crippen molar-refractivity contribution < 1.29 is 4.79 Å². The molecule has 3 nitrogen and oxygen atoms in total. The molecule has 4 bridgehead atoms. The van der Waals surface area contributed by atoms with E-state index in [0.717, 1.165) is 28.4 Å². The van der Waals surface area contributed by atoms with E-state index < -0.39 is 0 Å². The first-order valence-electron chi connectivity index (χ1n) is 9.89. The van der Waals surface area contributed by atoms with Crippen molar-refractivity contribution in [1.29, 1.82) is 0 Å². The summed E-state index contributed by atoms with van der Waals surface area (Å²) in [6.45, 7) is 2.05. The average Bonchev–Trinajstić information content (AvgIpc) is 3.05. The minimum atomic E-state index is 0.0280. The van der Waals surface area contributed by atoms with Gasteiger partial charge in [-0.25, -0.2) is 4.98 Å². The number of hydrogen-bond donors (Lipinski definition) is 1. The predicted octanol–water partition coefficient (Wildman–Crippen LogP) is 5.10. The van der Waals surface area contributed by atoms with Gasteiger partial charge in [-0.05, 0) is 75.3 Å². The van der Waals surface area contributed by atoms with Gasteiger partial charge in [0.2, 0.25) is 5.91 Å². The van der Waals surface area contributed by atoms with Gasteiger partial charge in [-0.3, -0.25) is 4.79 Å². The summed E-state index contributed by atoms with van der Waals surface area (Å²) in [5.41, 5.74) is 3.68. The van der Waals surface area contributed by atoms with Crippen molar-refractivity contribution in [3.05, 3.63) is 45.9 Å². The number of aromatic nitrogens is 1. The molecule has 0 aliphatic heterocycles. The van der Waals surface area contributed by atoms with Crippen LogP contribution in [-0.2, 0) is 16.6 Å². The molecule has 1 amide bonds. The number of nitrogens with zero attached hydrogens (tertiary/aromatic N) is 1. The highest BCUT2D eigenvalue weighted by atomic mass is 32.1. The Hall–Kier alpha value is -1.68. The maximum atomic E-state index is 12.4. The molecule has 26 heavy (non-hydrogen) atoms. The van der Waals surface area contributed by atoms with Gasteiger partial charge in [0.25, 0.3) is 0 Å². The molecule has 4 saturated carbocycles. The molecule has 0 spiro atoms. The fourth-order valence-electron chi connectivity index (χ4n) is 6.04. The monoisotopic (exact) mass is 366 g/mol. The Kier molecular flexibility index (Phi) is 3.93. The minimum Gasteiger partial charge on any atom is -0.326 e. The van der Waals surface area contributed by atoms with Gasteiger partial charge in [0.05, 0.1) is 12.1 Å². The Morgan fingerprint density at radius 1 is 1.12 bits per heavy atom. The maximum Gasteiger partial charge on any atom is 0.231 e. The highest BCUT2D eigenvalue weighted by Gasteiger charge is 2.52. The van der Waals surface area contributed by atoms with Crippen LogP contribution >= 0.6 is 11.3 Å². The van der Waals surface area contributed by atoms with E-state index in [4.69, 9.17) is 4.98 Å². The van der Waals surface area contributed by atoms with Crippen LogP contribution in [-0.4, -0.2) is 10.9 Å². The summed E-state index contributed by atoms with van der Waals surface area (Å²) < 4.78 is 0. The Bertz CT molecular complexity index is 788. The van der Waals surface area contributed by atoms with Crippen LogP contribution in [0.3, 0.4) is 0 Å². The summed E-state index contributed by atoms with van der Waals surface area (Å²) in [6, 6.07) is 7.94. The number of nitrogens with one attached hydrogen (secondary N) is 1. The van der Waals surface area contributed by atoms with Crippen molar-refractivity contribution >= 4 is 22.9 Å². The van der Waals surface area contributed by atoms with Gasteiger partial charge < -0.3 is 5.32 Å². The van der Waals surface area contributed by atoms with Crippen LogP contribution in [0.2, 0.25) is 0 Å². The van der Waals surface area contributed by atoms with Gasteiger partial charge in [-0.1, -0.05) is 17.7 Å². The number of anilines is 1. The van der Waals surface area contributed by atoms with E-state index in [0.29, 0.717) is 11.8 Å². The number of amides is 1. The zero-order chi connectivity index (χ0) is 17.7. The van der Waals surface area contributed by atoms with Gasteiger partial charge in [-0.2, -0.15) is 0 Å². The summed E-state index contributed by atoms with van der Waals surface area (Å²) >= 11 is 1.67. The van der Waals surface area contributed by atoms with Crippen molar-refractivity contribution in [3.8, 4) is 0 Å². The normalized spacial score (nSPS) is 32.0. The van der Waals surface area contributed by atoms with E-state index in [-0.39, 0.29) is 5.91 Å². The van der Waals surface area contributed by atoms with Crippen LogP contribution in [0, 0.1) is 24.7 Å². The third kappa shape index (κ3) is 2.98. The summed E-state index contributed by atoms with van der Waals surface area (Å²) in [5, 5.41) is 6.20. The molecule has 1 aromatic heterocycles. The third-order valence-corrected chi connectivity index (χ3v) is 7.63. The Morgan fingerprint density at radius 3 is 2.35 bits per heavy atom. The number of rotatable bonds is 4. The lowest BCUT2D eigenvalue weighted by molar-refractivity contribution is -0.115. The first kappa shape index (κ1) is 16.5. The fraction of sp³-hybridized carbons (Fsp3) is 0.545. The van der Waals surface area contributed by atoms with Crippen LogP contribution < -0.4 is 5.32 Å². The van der Waals surface area contributed by atoms with Gasteiger partial charge in [0.1, 0.15) is 5.01 Å². The lowest BCUT2D eigenvalue weighted by Gasteiger charge is -2.56. The maximum absolute atomic E-state index is 12.4. The molecule has 1 heterocycles. The molecule has 4 heteroatoms. The topological polar surface area (TPSA) is 42.0 Å². The van der Waals surface area contributed by atoms with E-state index in [1.54, 1.807) is 11.3 Å². The van der Waals surface area contributed by atoms with Gasteiger partial charge >= 0.3 is 0 Å². The number of thiazole rings is 1. The van der Waals surface area contributed by atoms with E-state index in [1.807, 2.05) is 31.2 Å². The van der Waals surface area contributed by atoms with E-state index in [2.05, 4.69) is 10.7 Å². The molecule has 4 aliphatic carbocycles. The van der Waals surface area contributed by atoms with E-state index in [1.165, 1.54) is 49.8 Å². The van der Waals surface area contributed by atoms with Crippen molar-refractivity contribution in [2.45, 2.75) is 57.3 Å². The van der Waals surface area contributed by atoms with Crippen molar-refractivity contribution in [2.75, 3.05) is 5.32 Å². The second-order valence-electron chi connectivity index (χ2n) is 8.92. The quantitative estimate of drug-likeness (QED) is 0.818. The second kappa shape index (κ2) is 6.19. The largest absolute Gasteiger partial charge is 0.326 e. The van der Waals surface area contributed by atoms with Crippen LogP contribution in [0.1, 0.15) is 54.8 Å². The molecule has 0 radical (unpaired) electrons. The molecule has 0 atom stereocenters. The number of carbonyl (C=O) groups excluding carboxylic acids is 1. The molecular formula is C22H26N2OS. The molecule has 136 valence electrons. The smallest absolute Gasteiger partial charge is 0.231 e. The van der Waals surface area contributed by atoms with Crippen LogP contribution in [0.4, 0.5) is 5.69 Å². The third-order valence-electron chi connectivity index (χ3n) is 6.78. The van der Waals surface area contributed by atoms with Gasteiger partial charge in [0.15, 0.2) is 0 Å². The molecule has 6 rings (SSSR count). The minimum absolute atomic E-state index is 0.0280. The first-order valence-corrected chi connectivity index (χ1v) is 10.8. The Labute approximate surface area is 159 Å². The molecule has 4 aliphatic rings. The number of benzene rings is 1. The molecule has 0 unspecified atom stereocenters. The fourth-order valence-corrected chi connectivity index (χ4v) is 6.96. The number of carbonyl (C=O) groups is 1. The van der Waals surface area contributed by atoms with Crippen LogP contribution in [0.25, 0.3) is 0 Å². The molecular weight excluding hydrogens is 340 g/mol. The van der Waals surface area contributed by atoms with E-state index in [9.17, 15) is 4.79 Å². The summed E-state index contributed by atoms with van der Waals surface area (Å²) in [7, 11) is 0. The van der Waals surface area contributed by atoms with Crippen molar-refractivity contribution in [2.24, 2.45) is 17.8 Å². The first-order chi connectivity index (χ1) is 12.6. The molecule has 0 saturated heterocycles. The number of aryl methyl sites for hydroxylation is 1. The number of hydrogen-bond acceptors (Lipinski definition) is 3. The van der Waals surface area contributed by atoms with Crippen LogP contribution in [0.5, 0.6) is 0 Å². The standard InChI is InChI=1S/C22H26N2OS/c1-14-2-4-18(5-3-14)23-20(25)9-21-24-19(13-26-21)22-10-15-6-16(11-22)8-17(7-15)12-22/h2-5,13,15-17H,6-12H2,1H3,(H,23,25). The summed E-state index contributed by atoms with van der Waals surface area (Å²) in [6.07, 6.45) is 8.73. The van der Waals surface area contributed by atoms with Crippen LogP contribution in [0.15, 0.2) is 29.6 Å². The Morgan fingerprint density at radius 2 is 1.73 bits per heavy atom. The van der Waals surface area contributed by atoms with Gasteiger partial charge in [-0.15, -0.1) is 11.3 Å². The predicted molar refractivity (Wildman–Crippen MR) is 105 cm³/mol. The SMILES string of the molecule is Cc1ccc(NC(=O)Cc2nc(C34CC5CC(CC(C5)C3)C4)cs2)cc1. The summed E-state index contributed by atoms with van der Waals surface area (Å²) in [5.74, 6) is 2.81. The zero-order valence-electron chi connectivity index (χ0n) is 15.3. The molecule has 1 N–H and O–H groups in total. The summed E-state index contributed by atoms with van der Waals surface area (Å²) in [4.78, 5) is 17.3. The molecule has 2 aromatic rings. The molecule has 1 aromatic carbocycles. The lowest BCUT2D eigenvalue weighted by Crippen LogP contribution is -2.48. The average molecular weight is 367 g/mol. The highest BCUT2D eigenvalue weighted by molar-refractivity contribution is 7.09.